The first-order valence-corrected chi connectivity index (χ1v) is 6.23. The molecule has 0 saturated heterocycles. The predicted molar refractivity (Wildman–Crippen MR) is 83.8 cm³/mol. The van der Waals surface area contributed by atoms with E-state index in [1.54, 1.807) is 18.2 Å². The highest BCUT2D eigenvalue weighted by atomic mass is 35.5. The van der Waals surface area contributed by atoms with Crippen molar-refractivity contribution in [2.24, 2.45) is 21.7 Å². The fraction of sp³-hybridized carbons (Fsp3) is 0. The molecule has 102 valence electrons. The van der Waals surface area contributed by atoms with Gasteiger partial charge in [-0.2, -0.15) is 0 Å². The second-order valence-electron chi connectivity index (χ2n) is 4.07. The molecule has 0 aliphatic heterocycles. The van der Waals surface area contributed by atoms with E-state index in [4.69, 9.17) is 28.8 Å². The van der Waals surface area contributed by atoms with Crippen LogP contribution in [0.25, 0.3) is 0 Å². The third-order valence-electron chi connectivity index (χ3n) is 2.58. The summed E-state index contributed by atoms with van der Waals surface area (Å²) in [6.45, 7) is 0. The molecule has 6 heteroatoms. The number of guanidine groups is 1. The Morgan fingerprint density at radius 3 is 2.35 bits per heavy atom. The quantitative estimate of drug-likeness (QED) is 0.348. The lowest BCUT2D eigenvalue weighted by Crippen LogP contribution is -2.22. The van der Waals surface area contributed by atoms with Crippen LogP contribution in [0.2, 0.25) is 5.02 Å². The molecular formula is C14H14ClN5. The first-order chi connectivity index (χ1) is 9.58. The highest BCUT2D eigenvalue weighted by Crippen LogP contribution is 2.20. The Balaban J connectivity index is 2.60. The van der Waals surface area contributed by atoms with Crippen molar-refractivity contribution in [2.45, 2.75) is 0 Å². The molecule has 6 N–H and O–H groups in total. The molecule has 5 nitrogen and oxygen atoms in total. The number of rotatable bonds is 3. The SMILES string of the molecule is NC(N)=N/N=C(/c1cccc(Cl)c1)c1ccccc1N. The summed E-state index contributed by atoms with van der Waals surface area (Å²) in [5.41, 5.74) is 19.3. The molecule has 0 spiro atoms. The van der Waals surface area contributed by atoms with E-state index < -0.39 is 0 Å². The van der Waals surface area contributed by atoms with E-state index in [1.165, 1.54) is 0 Å². The van der Waals surface area contributed by atoms with E-state index in [-0.39, 0.29) is 5.96 Å². The van der Waals surface area contributed by atoms with Gasteiger partial charge in [0, 0.05) is 21.8 Å². The standard InChI is InChI=1S/C14H14ClN5/c15-10-5-3-4-9(8-10)13(19-20-14(17)18)11-6-1-2-7-12(11)16/h1-8H,16H2,(H4,17,18,20)/b19-13-. The Morgan fingerprint density at radius 2 is 1.70 bits per heavy atom. The van der Waals surface area contributed by atoms with Crippen molar-refractivity contribution in [1.82, 2.24) is 0 Å². The van der Waals surface area contributed by atoms with Gasteiger partial charge in [0.2, 0.25) is 5.96 Å². The van der Waals surface area contributed by atoms with Gasteiger partial charge in [-0.15, -0.1) is 10.2 Å². The Morgan fingerprint density at radius 1 is 0.950 bits per heavy atom. The number of anilines is 1. The van der Waals surface area contributed by atoms with E-state index >= 15 is 0 Å². The fourth-order valence-electron chi connectivity index (χ4n) is 1.72. The van der Waals surface area contributed by atoms with Crippen LogP contribution in [-0.2, 0) is 0 Å². The largest absolute Gasteiger partial charge is 0.398 e. The second-order valence-corrected chi connectivity index (χ2v) is 4.51. The number of nitrogens with zero attached hydrogens (tertiary/aromatic N) is 2. The summed E-state index contributed by atoms with van der Waals surface area (Å²) in [6.07, 6.45) is 0. The molecule has 0 fully saturated rings. The van der Waals surface area contributed by atoms with Gasteiger partial charge >= 0.3 is 0 Å². The number of hydrogen-bond donors (Lipinski definition) is 3. The maximum atomic E-state index is 6.01. The van der Waals surface area contributed by atoms with Gasteiger partial charge < -0.3 is 17.2 Å². The van der Waals surface area contributed by atoms with E-state index in [2.05, 4.69) is 10.2 Å². The number of halogens is 1. The number of benzene rings is 2. The Bertz CT molecular complexity index is 675. The highest BCUT2D eigenvalue weighted by Gasteiger charge is 2.10. The molecule has 0 saturated carbocycles. The lowest BCUT2D eigenvalue weighted by Gasteiger charge is -2.08. The molecule has 0 unspecified atom stereocenters. The minimum absolute atomic E-state index is 0.126. The first-order valence-electron chi connectivity index (χ1n) is 5.85. The summed E-state index contributed by atoms with van der Waals surface area (Å²) >= 11 is 6.01. The summed E-state index contributed by atoms with van der Waals surface area (Å²) in [5.74, 6) is -0.126. The summed E-state index contributed by atoms with van der Waals surface area (Å²) in [5, 5.41) is 8.38. The molecule has 0 aromatic heterocycles. The molecular weight excluding hydrogens is 274 g/mol. The topological polar surface area (TPSA) is 103 Å². The maximum Gasteiger partial charge on any atom is 0.211 e. The zero-order valence-electron chi connectivity index (χ0n) is 10.6. The Labute approximate surface area is 121 Å². The smallest absolute Gasteiger partial charge is 0.211 e. The average molecular weight is 288 g/mol. The monoisotopic (exact) mass is 287 g/mol. The first kappa shape index (κ1) is 13.9. The van der Waals surface area contributed by atoms with Crippen LogP contribution in [0.3, 0.4) is 0 Å². The van der Waals surface area contributed by atoms with E-state index in [9.17, 15) is 0 Å². The van der Waals surface area contributed by atoms with Crippen molar-refractivity contribution in [2.75, 3.05) is 5.73 Å². The molecule has 2 aromatic carbocycles. The third kappa shape index (κ3) is 3.27. The Hall–Kier alpha value is -2.53. The molecule has 0 radical (unpaired) electrons. The van der Waals surface area contributed by atoms with Crippen molar-refractivity contribution in [1.29, 1.82) is 0 Å². The van der Waals surface area contributed by atoms with Crippen LogP contribution in [0.5, 0.6) is 0 Å². The van der Waals surface area contributed by atoms with Crippen LogP contribution < -0.4 is 17.2 Å². The predicted octanol–water partition coefficient (Wildman–Crippen LogP) is 1.95. The second kappa shape index (κ2) is 6.08. The Kier molecular flexibility index (Phi) is 4.22. The zero-order chi connectivity index (χ0) is 14.5. The highest BCUT2D eigenvalue weighted by molar-refractivity contribution is 6.31. The van der Waals surface area contributed by atoms with Crippen LogP contribution in [0, 0.1) is 0 Å². The molecule has 0 heterocycles. The minimum atomic E-state index is -0.126. The van der Waals surface area contributed by atoms with Crippen molar-refractivity contribution < 1.29 is 0 Å². The van der Waals surface area contributed by atoms with Gasteiger partial charge in [-0.25, -0.2) is 0 Å². The van der Waals surface area contributed by atoms with Crippen LogP contribution in [0.15, 0.2) is 58.7 Å². The summed E-state index contributed by atoms with van der Waals surface area (Å²) in [4.78, 5) is 0. The zero-order valence-corrected chi connectivity index (χ0v) is 11.4. The molecule has 2 aromatic rings. The summed E-state index contributed by atoms with van der Waals surface area (Å²) < 4.78 is 0. The van der Waals surface area contributed by atoms with E-state index in [0.29, 0.717) is 16.4 Å². The lowest BCUT2D eigenvalue weighted by molar-refractivity contribution is 1.20. The molecule has 20 heavy (non-hydrogen) atoms. The van der Waals surface area contributed by atoms with Crippen LogP contribution in [0.4, 0.5) is 5.69 Å². The molecule has 0 bridgehead atoms. The number of hydrogen-bond acceptors (Lipinski definition) is 3. The van der Waals surface area contributed by atoms with Crippen LogP contribution in [-0.4, -0.2) is 11.7 Å². The lowest BCUT2D eigenvalue weighted by atomic mass is 10.0. The van der Waals surface area contributed by atoms with Crippen molar-refractivity contribution >= 4 is 29.0 Å². The van der Waals surface area contributed by atoms with Gasteiger partial charge in [0.15, 0.2) is 0 Å². The molecule has 2 rings (SSSR count). The van der Waals surface area contributed by atoms with Gasteiger partial charge in [-0.3, -0.25) is 0 Å². The van der Waals surface area contributed by atoms with Crippen LogP contribution in [0.1, 0.15) is 11.1 Å². The van der Waals surface area contributed by atoms with Crippen molar-refractivity contribution in [3.8, 4) is 0 Å². The fourth-order valence-corrected chi connectivity index (χ4v) is 1.91. The molecule has 0 aliphatic carbocycles. The van der Waals surface area contributed by atoms with Gasteiger partial charge in [-0.1, -0.05) is 41.9 Å². The van der Waals surface area contributed by atoms with Crippen molar-refractivity contribution in [3.63, 3.8) is 0 Å². The number of nitrogens with two attached hydrogens (primary N) is 3. The van der Waals surface area contributed by atoms with Gasteiger partial charge in [0.05, 0.1) is 0 Å². The molecule has 0 amide bonds. The molecule has 0 aliphatic rings. The average Bonchev–Trinajstić information content (AvgIpc) is 2.41. The number of nitrogen functional groups attached to an aromatic ring is 1. The van der Waals surface area contributed by atoms with E-state index in [1.807, 2.05) is 30.3 Å². The number of para-hydroxylation sites is 1. The molecule has 0 atom stereocenters. The normalized spacial score (nSPS) is 11.2. The van der Waals surface area contributed by atoms with E-state index in [0.717, 1.165) is 11.1 Å². The van der Waals surface area contributed by atoms with Gasteiger partial charge in [-0.05, 0) is 18.2 Å². The maximum absolute atomic E-state index is 6.01. The van der Waals surface area contributed by atoms with Crippen molar-refractivity contribution in [3.05, 3.63) is 64.7 Å². The third-order valence-corrected chi connectivity index (χ3v) is 2.81. The minimum Gasteiger partial charge on any atom is -0.398 e. The van der Waals surface area contributed by atoms with Gasteiger partial charge in [0.1, 0.15) is 5.71 Å². The van der Waals surface area contributed by atoms with Gasteiger partial charge in [0.25, 0.3) is 0 Å². The summed E-state index contributed by atoms with van der Waals surface area (Å²) in [6, 6.07) is 14.6. The van der Waals surface area contributed by atoms with Crippen LogP contribution >= 0.6 is 11.6 Å². The summed E-state index contributed by atoms with van der Waals surface area (Å²) in [7, 11) is 0.